The Labute approximate surface area is 159 Å². The highest BCUT2D eigenvalue weighted by Crippen LogP contribution is 2.76. The van der Waals surface area contributed by atoms with Gasteiger partial charge >= 0.3 is 0 Å². The SMILES string of the molecule is CC[C@]1(O)CC[C@@]2(C)[C@@H](CC[C@H]3[C@@H]4[C@@H]5C[C@@H]5[C@H](C(C)=O)[C@@]4(C)CC[C@@H]32)C1. The lowest BCUT2D eigenvalue weighted by atomic mass is 9.43. The van der Waals surface area contributed by atoms with E-state index in [0.717, 1.165) is 48.9 Å². The molecule has 0 unspecified atom stereocenters. The van der Waals surface area contributed by atoms with Crippen molar-refractivity contribution in [1.82, 2.24) is 0 Å². The van der Waals surface area contributed by atoms with Crippen LogP contribution < -0.4 is 0 Å². The van der Waals surface area contributed by atoms with Gasteiger partial charge in [0.05, 0.1) is 5.60 Å². The van der Waals surface area contributed by atoms with Gasteiger partial charge in [-0.2, -0.15) is 0 Å². The van der Waals surface area contributed by atoms with Crippen LogP contribution in [0.1, 0.15) is 85.5 Å². The Morgan fingerprint density at radius 2 is 1.77 bits per heavy atom. The maximum atomic E-state index is 12.5. The van der Waals surface area contributed by atoms with Crippen LogP contribution in [0.2, 0.25) is 0 Å². The molecule has 5 rings (SSSR count). The summed E-state index contributed by atoms with van der Waals surface area (Å²) in [5, 5.41) is 10.9. The Morgan fingerprint density at radius 1 is 1.00 bits per heavy atom. The Bertz CT molecular complexity index is 628. The second kappa shape index (κ2) is 5.37. The molecule has 2 nitrogen and oxygen atoms in total. The first kappa shape index (κ1) is 17.7. The summed E-state index contributed by atoms with van der Waals surface area (Å²) in [6.07, 6.45) is 10.8. The fraction of sp³-hybridized carbons (Fsp3) is 0.958. The van der Waals surface area contributed by atoms with Crippen LogP contribution in [0.5, 0.6) is 0 Å². The van der Waals surface area contributed by atoms with E-state index in [2.05, 4.69) is 20.8 Å². The van der Waals surface area contributed by atoms with Gasteiger partial charge in [-0.3, -0.25) is 4.79 Å². The van der Waals surface area contributed by atoms with Crippen molar-refractivity contribution in [2.45, 2.75) is 91.1 Å². The van der Waals surface area contributed by atoms with E-state index in [1.807, 2.05) is 6.92 Å². The Morgan fingerprint density at radius 3 is 2.46 bits per heavy atom. The summed E-state index contributed by atoms with van der Waals surface area (Å²) in [5.74, 6) is 5.64. The van der Waals surface area contributed by atoms with Gasteiger partial charge < -0.3 is 5.11 Å². The number of fused-ring (bicyclic) bond motifs is 7. The summed E-state index contributed by atoms with van der Waals surface area (Å²) in [6, 6.07) is 0. The molecular weight excluding hydrogens is 320 g/mol. The van der Waals surface area contributed by atoms with Gasteiger partial charge in [0.1, 0.15) is 5.78 Å². The third kappa shape index (κ3) is 2.12. The second-order valence-electron chi connectivity index (χ2n) is 11.6. The normalized spacial score (nSPS) is 60.4. The molecule has 0 amide bonds. The minimum Gasteiger partial charge on any atom is -0.390 e. The average molecular weight is 359 g/mol. The molecule has 0 bridgehead atoms. The van der Waals surface area contributed by atoms with Crippen molar-refractivity contribution in [2.75, 3.05) is 0 Å². The van der Waals surface area contributed by atoms with Gasteiger partial charge in [-0.15, -0.1) is 0 Å². The molecule has 0 aliphatic heterocycles. The van der Waals surface area contributed by atoms with Crippen molar-refractivity contribution in [3.05, 3.63) is 0 Å². The highest BCUT2D eigenvalue weighted by Gasteiger charge is 2.71. The van der Waals surface area contributed by atoms with E-state index in [4.69, 9.17) is 0 Å². The van der Waals surface area contributed by atoms with Gasteiger partial charge in [-0.1, -0.05) is 20.8 Å². The van der Waals surface area contributed by atoms with E-state index in [0.29, 0.717) is 28.4 Å². The number of carbonyl (C=O) groups is 1. The van der Waals surface area contributed by atoms with Crippen LogP contribution in [0.3, 0.4) is 0 Å². The molecule has 0 spiro atoms. The molecule has 0 radical (unpaired) electrons. The molecule has 0 aromatic heterocycles. The van der Waals surface area contributed by atoms with E-state index < -0.39 is 5.60 Å². The standard InChI is InChI=1S/C24H38O2/c1-5-24(26)11-10-22(3)15(13-24)6-7-16-19(22)8-9-23(4)20(14(2)25)17-12-18(17)21(16)23/h15-21,26H,5-13H2,1-4H3/t15-,16+,17-,18+,19-,20-,21+,22-,23+,24-/m0/s1. The molecule has 1 N–H and O–H groups in total. The summed E-state index contributed by atoms with van der Waals surface area (Å²) >= 11 is 0. The average Bonchev–Trinajstić information content (AvgIpc) is 3.29. The third-order valence-corrected chi connectivity index (χ3v) is 10.7. The molecule has 146 valence electrons. The Balaban J connectivity index is 1.45. The Hall–Kier alpha value is -0.370. The van der Waals surface area contributed by atoms with Crippen LogP contribution in [0.4, 0.5) is 0 Å². The molecule has 5 saturated carbocycles. The number of carbonyl (C=O) groups excluding carboxylic acids is 1. The fourth-order valence-corrected chi connectivity index (χ4v) is 9.38. The quantitative estimate of drug-likeness (QED) is 0.734. The van der Waals surface area contributed by atoms with Gasteiger partial charge in [0, 0.05) is 5.92 Å². The van der Waals surface area contributed by atoms with Crippen molar-refractivity contribution in [3.8, 4) is 0 Å². The van der Waals surface area contributed by atoms with Gasteiger partial charge in [0.15, 0.2) is 0 Å². The van der Waals surface area contributed by atoms with Crippen LogP contribution in [-0.2, 0) is 4.79 Å². The molecule has 26 heavy (non-hydrogen) atoms. The number of rotatable bonds is 2. The molecule has 0 aromatic carbocycles. The summed E-state index contributed by atoms with van der Waals surface area (Å²) < 4.78 is 0. The first-order chi connectivity index (χ1) is 12.2. The van der Waals surface area contributed by atoms with Crippen LogP contribution in [-0.4, -0.2) is 16.5 Å². The van der Waals surface area contributed by atoms with Crippen LogP contribution >= 0.6 is 0 Å². The lowest BCUT2D eigenvalue weighted by Gasteiger charge is -2.62. The van der Waals surface area contributed by atoms with Gasteiger partial charge in [-0.25, -0.2) is 0 Å². The number of ketones is 1. The molecule has 5 aliphatic carbocycles. The maximum absolute atomic E-state index is 12.5. The summed E-state index contributed by atoms with van der Waals surface area (Å²) in [7, 11) is 0. The third-order valence-electron chi connectivity index (χ3n) is 10.7. The predicted molar refractivity (Wildman–Crippen MR) is 104 cm³/mol. The second-order valence-corrected chi connectivity index (χ2v) is 11.6. The lowest BCUT2D eigenvalue weighted by Crippen LogP contribution is -2.56. The lowest BCUT2D eigenvalue weighted by molar-refractivity contribution is -0.158. The zero-order valence-electron chi connectivity index (χ0n) is 17.3. The summed E-state index contributed by atoms with van der Waals surface area (Å²) in [6.45, 7) is 9.09. The minimum atomic E-state index is -0.394. The molecule has 10 atom stereocenters. The van der Waals surface area contributed by atoms with Crippen molar-refractivity contribution >= 4 is 5.78 Å². The first-order valence-corrected chi connectivity index (χ1v) is 11.5. The van der Waals surface area contributed by atoms with E-state index in [9.17, 15) is 9.90 Å². The molecule has 5 aliphatic rings. The van der Waals surface area contributed by atoms with Crippen LogP contribution in [0.25, 0.3) is 0 Å². The van der Waals surface area contributed by atoms with E-state index in [1.54, 1.807) is 0 Å². The van der Waals surface area contributed by atoms with Gasteiger partial charge in [0.2, 0.25) is 0 Å². The van der Waals surface area contributed by atoms with E-state index >= 15 is 0 Å². The highest BCUT2D eigenvalue weighted by molar-refractivity contribution is 5.80. The highest BCUT2D eigenvalue weighted by atomic mass is 16.3. The first-order valence-electron chi connectivity index (χ1n) is 11.5. The molecule has 0 aromatic rings. The Kier molecular flexibility index (Phi) is 3.65. The van der Waals surface area contributed by atoms with Crippen molar-refractivity contribution in [2.24, 2.45) is 52.3 Å². The largest absolute Gasteiger partial charge is 0.390 e. The zero-order chi connectivity index (χ0) is 18.5. The molecule has 5 fully saturated rings. The van der Waals surface area contributed by atoms with E-state index in [1.165, 1.54) is 38.5 Å². The van der Waals surface area contributed by atoms with E-state index in [-0.39, 0.29) is 0 Å². The summed E-state index contributed by atoms with van der Waals surface area (Å²) in [5.41, 5.74) is 0.335. The van der Waals surface area contributed by atoms with Crippen molar-refractivity contribution in [1.29, 1.82) is 0 Å². The van der Waals surface area contributed by atoms with Gasteiger partial charge in [0.25, 0.3) is 0 Å². The van der Waals surface area contributed by atoms with Gasteiger partial charge in [-0.05, 0) is 111 Å². The number of Topliss-reactive ketones (excluding diaryl/α,β-unsaturated/α-hetero) is 1. The summed E-state index contributed by atoms with van der Waals surface area (Å²) in [4.78, 5) is 12.5. The van der Waals surface area contributed by atoms with Crippen LogP contribution in [0.15, 0.2) is 0 Å². The van der Waals surface area contributed by atoms with Crippen LogP contribution in [0, 0.1) is 52.3 Å². The topological polar surface area (TPSA) is 37.3 Å². The minimum absolute atomic E-state index is 0.294. The smallest absolute Gasteiger partial charge is 0.133 e. The number of aliphatic hydroxyl groups is 1. The predicted octanol–water partition coefficient (Wildman–Crippen LogP) is 5.23. The maximum Gasteiger partial charge on any atom is 0.133 e. The fourth-order valence-electron chi connectivity index (χ4n) is 9.38. The molecule has 0 saturated heterocycles. The monoisotopic (exact) mass is 358 g/mol. The molecule has 2 heteroatoms. The molecule has 0 heterocycles. The molecular formula is C24H38O2. The number of hydrogen-bond donors (Lipinski definition) is 1. The van der Waals surface area contributed by atoms with Crippen molar-refractivity contribution in [3.63, 3.8) is 0 Å². The zero-order valence-corrected chi connectivity index (χ0v) is 17.3. The number of hydrogen-bond acceptors (Lipinski definition) is 2. The van der Waals surface area contributed by atoms with Crippen molar-refractivity contribution < 1.29 is 9.90 Å².